The molecule has 1 aliphatic heterocycles. The summed E-state index contributed by atoms with van der Waals surface area (Å²) in [6, 6.07) is 0. The van der Waals surface area contributed by atoms with Crippen LogP contribution in [0.15, 0.2) is 0 Å². The largest absolute Gasteiger partial charge is 0.319 e. The molecule has 0 radical (unpaired) electrons. The molecule has 1 N–H and O–H groups in total. The van der Waals surface area contributed by atoms with Crippen molar-refractivity contribution < 1.29 is 0 Å². The van der Waals surface area contributed by atoms with E-state index in [1.54, 1.807) is 0 Å². The van der Waals surface area contributed by atoms with E-state index in [1.807, 2.05) is 0 Å². The van der Waals surface area contributed by atoms with Crippen molar-refractivity contribution in [3.05, 3.63) is 0 Å². The molecule has 2 rings (SSSR count). The number of nitrogens with zero attached hydrogens (tertiary/aromatic N) is 1. The molecule has 2 fully saturated rings. The van der Waals surface area contributed by atoms with Gasteiger partial charge in [-0.25, -0.2) is 0 Å². The van der Waals surface area contributed by atoms with Gasteiger partial charge in [0, 0.05) is 13.1 Å². The minimum Gasteiger partial charge on any atom is -0.319 e. The average molecular weight is 261 g/mol. The molecule has 1 saturated heterocycles. The molecule has 2 aliphatic rings. The molecule has 0 aromatic carbocycles. The quantitative estimate of drug-likeness (QED) is 0.836. The van der Waals surface area contributed by atoms with Gasteiger partial charge in [0.2, 0.25) is 0 Å². The Kier molecular flexibility index (Phi) is 6.83. The monoisotopic (exact) mass is 260 g/mol. The zero-order chi connectivity index (χ0) is 11.4. The number of hydrogen-bond donors (Lipinski definition) is 1. The Hall–Kier alpha value is 0.210. The van der Waals surface area contributed by atoms with Crippen LogP contribution in [0, 0.1) is 17.8 Å². The van der Waals surface area contributed by atoms with Crippen molar-refractivity contribution in [2.24, 2.45) is 17.8 Å². The Labute approximate surface area is 113 Å². The standard InChI is InChI=1S/C14H28N2.ClH/c1-12-3-5-13(6-4-12)10-16-8-7-14(11-16)9-15-2;/h12-15H,3-11H2,1-2H3;1H. The van der Waals surface area contributed by atoms with E-state index >= 15 is 0 Å². The van der Waals surface area contributed by atoms with Crippen molar-refractivity contribution in [2.75, 3.05) is 33.2 Å². The SMILES string of the molecule is CNCC1CCN(CC2CCC(C)CC2)C1.Cl. The van der Waals surface area contributed by atoms with Crippen LogP contribution in [0.5, 0.6) is 0 Å². The van der Waals surface area contributed by atoms with Crippen LogP contribution in [0.1, 0.15) is 39.0 Å². The molecule has 2 nitrogen and oxygen atoms in total. The van der Waals surface area contributed by atoms with Crippen LogP contribution in [0.2, 0.25) is 0 Å². The highest BCUT2D eigenvalue weighted by Crippen LogP contribution is 2.30. The lowest BCUT2D eigenvalue weighted by molar-refractivity contribution is 0.205. The molecule has 3 heteroatoms. The maximum absolute atomic E-state index is 3.31. The third kappa shape index (κ3) is 4.76. The van der Waals surface area contributed by atoms with Crippen LogP contribution < -0.4 is 5.32 Å². The zero-order valence-corrected chi connectivity index (χ0v) is 12.3. The Morgan fingerprint density at radius 3 is 2.41 bits per heavy atom. The summed E-state index contributed by atoms with van der Waals surface area (Å²) in [5.41, 5.74) is 0. The van der Waals surface area contributed by atoms with Crippen molar-refractivity contribution in [3.8, 4) is 0 Å². The fourth-order valence-electron chi connectivity index (χ4n) is 3.41. The van der Waals surface area contributed by atoms with Crippen LogP contribution in [0.3, 0.4) is 0 Å². The topological polar surface area (TPSA) is 15.3 Å². The molecule has 1 aliphatic carbocycles. The van der Waals surface area contributed by atoms with Crippen LogP contribution in [-0.4, -0.2) is 38.1 Å². The van der Waals surface area contributed by atoms with Gasteiger partial charge in [0.05, 0.1) is 0 Å². The van der Waals surface area contributed by atoms with Gasteiger partial charge in [0.25, 0.3) is 0 Å². The van der Waals surface area contributed by atoms with Gasteiger partial charge in [-0.2, -0.15) is 0 Å². The van der Waals surface area contributed by atoms with E-state index < -0.39 is 0 Å². The summed E-state index contributed by atoms with van der Waals surface area (Å²) in [5.74, 6) is 2.91. The lowest BCUT2D eigenvalue weighted by Crippen LogP contribution is -2.30. The van der Waals surface area contributed by atoms with Gasteiger partial charge in [-0.15, -0.1) is 12.4 Å². The Morgan fingerprint density at radius 2 is 1.76 bits per heavy atom. The number of rotatable bonds is 4. The summed E-state index contributed by atoms with van der Waals surface area (Å²) in [6.07, 6.45) is 7.31. The number of hydrogen-bond acceptors (Lipinski definition) is 2. The fraction of sp³-hybridized carbons (Fsp3) is 1.00. The first kappa shape index (κ1) is 15.3. The summed E-state index contributed by atoms with van der Waals surface area (Å²) in [4.78, 5) is 2.71. The second-order valence-electron chi connectivity index (χ2n) is 6.10. The lowest BCUT2D eigenvalue weighted by atomic mass is 9.83. The maximum atomic E-state index is 3.31. The van der Waals surface area contributed by atoms with Crippen LogP contribution >= 0.6 is 12.4 Å². The van der Waals surface area contributed by atoms with E-state index in [9.17, 15) is 0 Å². The van der Waals surface area contributed by atoms with Crippen molar-refractivity contribution in [3.63, 3.8) is 0 Å². The Balaban J connectivity index is 0.00000144. The molecule has 0 aromatic rings. The average Bonchev–Trinajstić information content (AvgIpc) is 2.70. The summed E-state index contributed by atoms with van der Waals surface area (Å²) >= 11 is 0. The highest BCUT2D eigenvalue weighted by Gasteiger charge is 2.25. The lowest BCUT2D eigenvalue weighted by Gasteiger charge is -2.29. The number of nitrogens with one attached hydrogen (secondary N) is 1. The zero-order valence-electron chi connectivity index (χ0n) is 11.5. The molecule has 102 valence electrons. The van der Waals surface area contributed by atoms with Crippen molar-refractivity contribution >= 4 is 12.4 Å². The minimum absolute atomic E-state index is 0. The van der Waals surface area contributed by atoms with Crippen LogP contribution in [-0.2, 0) is 0 Å². The van der Waals surface area contributed by atoms with E-state index in [1.165, 1.54) is 58.3 Å². The summed E-state index contributed by atoms with van der Waals surface area (Å²) in [7, 11) is 2.07. The van der Waals surface area contributed by atoms with Crippen molar-refractivity contribution in [1.29, 1.82) is 0 Å². The van der Waals surface area contributed by atoms with Crippen molar-refractivity contribution in [1.82, 2.24) is 10.2 Å². The van der Waals surface area contributed by atoms with Gasteiger partial charge in [-0.3, -0.25) is 0 Å². The van der Waals surface area contributed by atoms with Crippen LogP contribution in [0.25, 0.3) is 0 Å². The Bertz CT molecular complexity index is 202. The second-order valence-corrected chi connectivity index (χ2v) is 6.10. The molecule has 0 amide bonds. The van der Waals surface area contributed by atoms with Gasteiger partial charge < -0.3 is 10.2 Å². The molecule has 17 heavy (non-hydrogen) atoms. The summed E-state index contributed by atoms with van der Waals surface area (Å²) < 4.78 is 0. The molecule has 1 heterocycles. The molecule has 1 atom stereocenters. The second kappa shape index (κ2) is 7.60. The van der Waals surface area contributed by atoms with Gasteiger partial charge in [-0.05, 0) is 57.2 Å². The van der Waals surface area contributed by atoms with Gasteiger partial charge in [0.15, 0.2) is 0 Å². The predicted octanol–water partition coefficient (Wildman–Crippen LogP) is 2.78. The number of likely N-dealkylation sites (tertiary alicyclic amines) is 1. The molecule has 0 bridgehead atoms. The molecule has 1 unspecified atom stereocenters. The molecule has 0 aromatic heterocycles. The molecular weight excluding hydrogens is 232 g/mol. The third-order valence-electron chi connectivity index (χ3n) is 4.51. The van der Waals surface area contributed by atoms with Gasteiger partial charge in [0.1, 0.15) is 0 Å². The highest BCUT2D eigenvalue weighted by atomic mass is 35.5. The normalized spacial score (nSPS) is 34.6. The van der Waals surface area contributed by atoms with Gasteiger partial charge in [-0.1, -0.05) is 19.8 Å². The fourth-order valence-corrected chi connectivity index (χ4v) is 3.41. The molecule has 1 saturated carbocycles. The molecular formula is C14H29ClN2. The van der Waals surface area contributed by atoms with E-state index in [0.29, 0.717) is 0 Å². The maximum Gasteiger partial charge on any atom is 0.00224 e. The first-order valence-corrected chi connectivity index (χ1v) is 7.15. The molecule has 0 spiro atoms. The smallest absolute Gasteiger partial charge is 0.00224 e. The Morgan fingerprint density at radius 1 is 1.06 bits per heavy atom. The predicted molar refractivity (Wildman–Crippen MR) is 76.8 cm³/mol. The third-order valence-corrected chi connectivity index (χ3v) is 4.51. The summed E-state index contributed by atoms with van der Waals surface area (Å²) in [5, 5.41) is 3.31. The number of halogens is 1. The summed E-state index contributed by atoms with van der Waals surface area (Å²) in [6.45, 7) is 7.69. The van der Waals surface area contributed by atoms with E-state index in [2.05, 4.69) is 24.2 Å². The first-order valence-electron chi connectivity index (χ1n) is 7.15. The minimum atomic E-state index is 0. The van der Waals surface area contributed by atoms with E-state index in [0.717, 1.165) is 17.8 Å². The first-order chi connectivity index (χ1) is 7.78. The van der Waals surface area contributed by atoms with Gasteiger partial charge >= 0.3 is 0 Å². The van der Waals surface area contributed by atoms with Crippen molar-refractivity contribution in [2.45, 2.75) is 39.0 Å². The highest BCUT2D eigenvalue weighted by molar-refractivity contribution is 5.85. The van der Waals surface area contributed by atoms with Crippen LogP contribution in [0.4, 0.5) is 0 Å². The van der Waals surface area contributed by atoms with E-state index in [-0.39, 0.29) is 12.4 Å². The van der Waals surface area contributed by atoms with E-state index in [4.69, 9.17) is 0 Å².